The van der Waals surface area contributed by atoms with Crippen LogP contribution in [0.15, 0.2) is 9.32 Å². The van der Waals surface area contributed by atoms with E-state index in [9.17, 15) is 4.79 Å². The Morgan fingerprint density at radius 1 is 1.89 bits per heavy atom. The lowest BCUT2D eigenvalue weighted by atomic mass is 10.9. The number of rotatable bonds is 2. The lowest BCUT2D eigenvalue weighted by molar-refractivity contribution is 0.215. The van der Waals surface area contributed by atoms with Gasteiger partial charge in [-0.2, -0.15) is 5.16 Å². The average molecular weight is 130 g/mol. The number of hydrogen-bond donors (Lipinski definition) is 1. The summed E-state index contributed by atoms with van der Waals surface area (Å²) in [6.45, 7) is 2.21. The molecule has 0 saturated heterocycles. The summed E-state index contributed by atoms with van der Waals surface area (Å²) < 4.78 is 9.15. The van der Waals surface area contributed by atoms with Crippen molar-refractivity contribution in [3.63, 3.8) is 0 Å². The minimum absolute atomic E-state index is 0.0116. The number of nitrogens with zero attached hydrogens (tertiary/aromatic N) is 1. The Balaban J connectivity index is 2.73. The van der Waals surface area contributed by atoms with Gasteiger partial charge in [0.1, 0.15) is 0 Å². The second kappa shape index (κ2) is 2.34. The van der Waals surface area contributed by atoms with E-state index in [4.69, 9.17) is 4.74 Å². The Morgan fingerprint density at radius 3 is 3.11 bits per heavy atom. The van der Waals surface area contributed by atoms with Crippen LogP contribution < -0.4 is 10.4 Å². The van der Waals surface area contributed by atoms with Crippen LogP contribution >= 0.6 is 0 Å². The first-order valence-corrected chi connectivity index (χ1v) is 2.51. The van der Waals surface area contributed by atoms with Crippen molar-refractivity contribution in [3.8, 4) is 6.08 Å². The number of ether oxygens (including phenoxy) is 1. The molecule has 0 saturated carbocycles. The summed E-state index contributed by atoms with van der Waals surface area (Å²) in [5, 5.41) is 1.99. The molecule has 0 bridgehead atoms. The van der Waals surface area contributed by atoms with Crippen LogP contribution in [0, 0.1) is 0 Å². The molecule has 1 N–H and O–H groups in total. The van der Waals surface area contributed by atoms with E-state index in [0.717, 1.165) is 0 Å². The molecule has 0 unspecified atom stereocenters. The van der Waals surface area contributed by atoms with Gasteiger partial charge in [-0.05, 0) is 6.92 Å². The number of H-pyrrole nitrogens is 1. The summed E-state index contributed by atoms with van der Waals surface area (Å²) in [6.07, 6.45) is -0.0116. The molecular weight excluding hydrogens is 124 g/mol. The molecular formula is C4H6N2O3. The molecule has 0 amide bonds. The van der Waals surface area contributed by atoms with E-state index < -0.39 is 5.69 Å². The van der Waals surface area contributed by atoms with Gasteiger partial charge in [0, 0.05) is 0 Å². The quantitative estimate of drug-likeness (QED) is 0.600. The van der Waals surface area contributed by atoms with Gasteiger partial charge < -0.3 is 9.26 Å². The van der Waals surface area contributed by atoms with Crippen molar-refractivity contribution in [3.05, 3.63) is 10.5 Å². The summed E-state index contributed by atoms with van der Waals surface area (Å²) in [6, 6.07) is 0. The van der Waals surface area contributed by atoms with Gasteiger partial charge in [-0.15, -0.1) is 4.98 Å². The van der Waals surface area contributed by atoms with Crippen molar-refractivity contribution < 1.29 is 9.26 Å². The number of aromatic nitrogens is 2. The molecule has 50 valence electrons. The summed E-state index contributed by atoms with van der Waals surface area (Å²) in [4.78, 5) is 13.5. The van der Waals surface area contributed by atoms with E-state index in [1.54, 1.807) is 6.92 Å². The first kappa shape index (κ1) is 5.87. The fourth-order valence-electron chi connectivity index (χ4n) is 0.401. The largest absolute Gasteiger partial charge is 0.449 e. The third-order valence-corrected chi connectivity index (χ3v) is 0.686. The molecule has 1 aromatic heterocycles. The monoisotopic (exact) mass is 130 g/mol. The smallest absolute Gasteiger partial charge is 0.418 e. The molecule has 1 aromatic rings. The molecule has 0 radical (unpaired) electrons. The standard InChI is InChI=1S/C4H6N2O3/c1-2-8-4-5-3(7)6-9-4/h2H2,1H3,(H,6,7). The molecule has 5 heteroatoms. The minimum atomic E-state index is -0.529. The Morgan fingerprint density at radius 2 is 2.67 bits per heavy atom. The van der Waals surface area contributed by atoms with E-state index in [2.05, 4.69) is 9.51 Å². The van der Waals surface area contributed by atoms with Gasteiger partial charge in [-0.3, -0.25) is 0 Å². The second-order valence-electron chi connectivity index (χ2n) is 1.32. The zero-order valence-electron chi connectivity index (χ0n) is 4.88. The molecule has 0 aliphatic carbocycles. The van der Waals surface area contributed by atoms with Crippen molar-refractivity contribution in [2.24, 2.45) is 0 Å². The average Bonchev–Trinajstić information content (AvgIpc) is 2.17. The predicted molar refractivity (Wildman–Crippen MR) is 28.3 cm³/mol. The van der Waals surface area contributed by atoms with Gasteiger partial charge in [-0.25, -0.2) is 4.79 Å². The van der Waals surface area contributed by atoms with Crippen LogP contribution in [0.4, 0.5) is 0 Å². The third-order valence-electron chi connectivity index (χ3n) is 0.686. The Bertz CT molecular complexity index is 226. The van der Waals surface area contributed by atoms with Crippen LogP contribution in [0.25, 0.3) is 0 Å². The molecule has 0 aromatic carbocycles. The maximum atomic E-state index is 10.2. The van der Waals surface area contributed by atoms with Crippen molar-refractivity contribution in [1.29, 1.82) is 0 Å². The molecule has 0 aliphatic heterocycles. The van der Waals surface area contributed by atoms with Crippen LogP contribution in [-0.2, 0) is 0 Å². The lowest BCUT2D eigenvalue weighted by Crippen LogP contribution is -2.01. The summed E-state index contributed by atoms with van der Waals surface area (Å²) in [5.41, 5.74) is -0.529. The van der Waals surface area contributed by atoms with E-state index in [-0.39, 0.29) is 6.08 Å². The zero-order chi connectivity index (χ0) is 6.69. The highest BCUT2D eigenvalue weighted by molar-refractivity contribution is 4.78. The van der Waals surface area contributed by atoms with Crippen molar-refractivity contribution in [1.82, 2.24) is 10.1 Å². The summed E-state index contributed by atoms with van der Waals surface area (Å²) in [5.74, 6) is 0. The summed E-state index contributed by atoms with van der Waals surface area (Å²) >= 11 is 0. The van der Waals surface area contributed by atoms with Crippen LogP contribution in [0.2, 0.25) is 0 Å². The summed E-state index contributed by atoms with van der Waals surface area (Å²) in [7, 11) is 0. The normalized spacial score (nSPS) is 9.44. The van der Waals surface area contributed by atoms with Crippen LogP contribution in [0.3, 0.4) is 0 Å². The Labute approximate surface area is 50.6 Å². The lowest BCUT2D eigenvalue weighted by Gasteiger charge is -1.88. The minimum Gasteiger partial charge on any atom is -0.449 e. The Hall–Kier alpha value is -1.26. The van der Waals surface area contributed by atoms with Crippen molar-refractivity contribution in [2.45, 2.75) is 6.92 Å². The van der Waals surface area contributed by atoms with Crippen LogP contribution in [-0.4, -0.2) is 16.7 Å². The first-order valence-electron chi connectivity index (χ1n) is 2.51. The van der Waals surface area contributed by atoms with Crippen molar-refractivity contribution >= 4 is 0 Å². The molecule has 0 spiro atoms. The predicted octanol–water partition coefficient (Wildman–Crippen LogP) is -0.238. The van der Waals surface area contributed by atoms with Gasteiger partial charge in [0.2, 0.25) is 0 Å². The Kier molecular flexibility index (Phi) is 1.53. The van der Waals surface area contributed by atoms with Crippen LogP contribution in [0.1, 0.15) is 6.92 Å². The third kappa shape index (κ3) is 1.31. The molecule has 0 fully saturated rings. The first-order chi connectivity index (χ1) is 4.33. The maximum Gasteiger partial charge on any atom is 0.418 e. The fourth-order valence-corrected chi connectivity index (χ4v) is 0.401. The molecule has 0 aliphatic rings. The van der Waals surface area contributed by atoms with E-state index in [0.29, 0.717) is 6.61 Å². The van der Waals surface area contributed by atoms with Crippen LogP contribution in [0.5, 0.6) is 6.08 Å². The van der Waals surface area contributed by atoms with E-state index in [1.807, 2.05) is 5.16 Å². The molecule has 0 atom stereocenters. The highest BCUT2D eigenvalue weighted by Crippen LogP contribution is 1.96. The van der Waals surface area contributed by atoms with Gasteiger partial charge in [0.05, 0.1) is 6.61 Å². The van der Waals surface area contributed by atoms with Gasteiger partial charge >= 0.3 is 11.8 Å². The molecule has 1 rings (SSSR count). The molecule has 1 heterocycles. The highest BCUT2D eigenvalue weighted by atomic mass is 16.6. The van der Waals surface area contributed by atoms with Gasteiger partial charge in [0.15, 0.2) is 0 Å². The number of nitrogens with one attached hydrogen (secondary N) is 1. The highest BCUT2D eigenvalue weighted by Gasteiger charge is 1.97. The molecule has 9 heavy (non-hydrogen) atoms. The van der Waals surface area contributed by atoms with Gasteiger partial charge in [0.25, 0.3) is 0 Å². The second-order valence-corrected chi connectivity index (χ2v) is 1.32. The topological polar surface area (TPSA) is 68.1 Å². The maximum absolute atomic E-state index is 10.2. The van der Waals surface area contributed by atoms with E-state index >= 15 is 0 Å². The van der Waals surface area contributed by atoms with E-state index in [1.165, 1.54) is 0 Å². The van der Waals surface area contributed by atoms with Crippen molar-refractivity contribution in [2.75, 3.05) is 6.61 Å². The van der Waals surface area contributed by atoms with Gasteiger partial charge in [-0.1, -0.05) is 0 Å². The molecule has 5 nitrogen and oxygen atoms in total. The fraction of sp³-hybridized carbons (Fsp3) is 0.500. The SMILES string of the molecule is CCOc1nc(=O)[nH]o1. The number of hydrogen-bond acceptors (Lipinski definition) is 4. The zero-order valence-corrected chi connectivity index (χ0v) is 4.88. The number of aromatic amines is 1.